The molecule has 3 heteroatoms. The Morgan fingerprint density at radius 3 is 2.81 bits per heavy atom. The minimum atomic E-state index is 0.561. The van der Waals surface area contributed by atoms with Crippen molar-refractivity contribution < 1.29 is 0 Å². The number of benzene rings is 2. The maximum Gasteiger partial charge on any atom is 0.0455 e. The Kier molecular flexibility index (Phi) is 3.12. The van der Waals surface area contributed by atoms with Gasteiger partial charge in [-0.15, -0.1) is 0 Å². The van der Waals surface area contributed by atoms with Crippen molar-refractivity contribution in [1.29, 1.82) is 0 Å². The first-order valence-electron chi connectivity index (χ1n) is 7.37. The summed E-state index contributed by atoms with van der Waals surface area (Å²) in [6, 6.07) is 17.4. The Hall–Kier alpha value is -1.93. The van der Waals surface area contributed by atoms with Gasteiger partial charge in [0.15, 0.2) is 0 Å². The summed E-state index contributed by atoms with van der Waals surface area (Å²) >= 11 is 6.06. The maximum atomic E-state index is 6.06. The van der Waals surface area contributed by atoms with Gasteiger partial charge in [-0.3, -0.25) is 0 Å². The lowest BCUT2D eigenvalue weighted by Gasteiger charge is -2.37. The van der Waals surface area contributed by atoms with Gasteiger partial charge in [0.2, 0.25) is 0 Å². The molecular weight excluding hydrogens is 280 g/mol. The number of nitrogens with one attached hydrogen (secondary N) is 2. The van der Waals surface area contributed by atoms with E-state index in [9.17, 15) is 0 Å². The van der Waals surface area contributed by atoms with E-state index < -0.39 is 0 Å². The number of rotatable bonds is 3. The topological polar surface area (TPSA) is 27.8 Å². The Bertz CT molecular complexity index is 771. The molecule has 0 atom stereocenters. The monoisotopic (exact) mass is 296 g/mol. The molecule has 1 fully saturated rings. The highest BCUT2D eigenvalue weighted by Crippen LogP contribution is 2.39. The van der Waals surface area contributed by atoms with Crippen molar-refractivity contribution in [3.05, 3.63) is 65.3 Å². The molecule has 21 heavy (non-hydrogen) atoms. The number of H-pyrrole nitrogens is 1. The molecule has 2 nitrogen and oxygen atoms in total. The summed E-state index contributed by atoms with van der Waals surface area (Å²) < 4.78 is 0. The summed E-state index contributed by atoms with van der Waals surface area (Å²) in [4.78, 5) is 3.22. The second kappa shape index (κ2) is 5.12. The van der Waals surface area contributed by atoms with E-state index in [-0.39, 0.29) is 0 Å². The number of anilines is 1. The van der Waals surface area contributed by atoms with E-state index in [0.717, 1.165) is 5.02 Å². The highest BCUT2D eigenvalue weighted by Gasteiger charge is 2.30. The molecule has 2 aromatic carbocycles. The van der Waals surface area contributed by atoms with E-state index in [4.69, 9.17) is 11.6 Å². The van der Waals surface area contributed by atoms with Gasteiger partial charge in [0.25, 0.3) is 0 Å². The van der Waals surface area contributed by atoms with Crippen LogP contribution < -0.4 is 5.32 Å². The minimum Gasteiger partial charge on any atom is -0.382 e. The van der Waals surface area contributed by atoms with Gasteiger partial charge in [0.05, 0.1) is 0 Å². The fourth-order valence-electron chi connectivity index (χ4n) is 3.15. The second-order valence-electron chi connectivity index (χ2n) is 5.84. The molecule has 0 saturated heterocycles. The lowest BCUT2D eigenvalue weighted by Crippen LogP contribution is -2.33. The van der Waals surface area contributed by atoms with E-state index >= 15 is 0 Å². The van der Waals surface area contributed by atoms with Gasteiger partial charge < -0.3 is 10.3 Å². The van der Waals surface area contributed by atoms with Crippen LogP contribution in [0.4, 0.5) is 5.69 Å². The first-order valence-corrected chi connectivity index (χ1v) is 7.75. The van der Waals surface area contributed by atoms with Crippen LogP contribution in [0.5, 0.6) is 0 Å². The van der Waals surface area contributed by atoms with Crippen LogP contribution in [-0.2, 0) is 0 Å². The van der Waals surface area contributed by atoms with Gasteiger partial charge in [-0.05, 0) is 60.7 Å². The first kappa shape index (κ1) is 12.8. The Morgan fingerprint density at radius 2 is 1.95 bits per heavy atom. The van der Waals surface area contributed by atoms with Crippen molar-refractivity contribution in [3.8, 4) is 0 Å². The predicted molar refractivity (Wildman–Crippen MR) is 89.1 cm³/mol. The number of fused-ring (bicyclic) bond motifs is 1. The van der Waals surface area contributed by atoms with E-state index in [0.29, 0.717) is 12.0 Å². The van der Waals surface area contributed by atoms with Crippen LogP contribution in [0.15, 0.2) is 54.7 Å². The molecule has 0 amide bonds. The van der Waals surface area contributed by atoms with Crippen LogP contribution >= 0.6 is 11.6 Å². The Morgan fingerprint density at radius 1 is 1.05 bits per heavy atom. The van der Waals surface area contributed by atoms with E-state index in [1.165, 1.54) is 35.0 Å². The second-order valence-corrected chi connectivity index (χ2v) is 6.28. The molecular formula is C18H17ClN2. The molecule has 0 spiro atoms. The number of halogens is 1. The summed E-state index contributed by atoms with van der Waals surface area (Å²) in [5.74, 6) is 0.636. The Labute approximate surface area is 129 Å². The molecule has 4 rings (SSSR count). The highest BCUT2D eigenvalue weighted by atomic mass is 35.5. The van der Waals surface area contributed by atoms with Crippen LogP contribution in [-0.4, -0.2) is 11.0 Å². The molecule has 0 unspecified atom stereocenters. The molecule has 106 valence electrons. The maximum absolute atomic E-state index is 6.06. The smallest absolute Gasteiger partial charge is 0.0455 e. The number of hydrogen-bond donors (Lipinski definition) is 2. The summed E-state index contributed by atoms with van der Waals surface area (Å²) in [7, 11) is 0. The largest absolute Gasteiger partial charge is 0.382 e. The minimum absolute atomic E-state index is 0.561. The third kappa shape index (κ3) is 2.52. The van der Waals surface area contributed by atoms with Gasteiger partial charge >= 0.3 is 0 Å². The number of hydrogen-bond acceptors (Lipinski definition) is 1. The molecule has 1 heterocycles. The van der Waals surface area contributed by atoms with Crippen molar-refractivity contribution in [2.24, 2.45) is 0 Å². The van der Waals surface area contributed by atoms with Crippen molar-refractivity contribution in [2.75, 3.05) is 5.32 Å². The molecule has 0 aliphatic heterocycles. The molecule has 3 aromatic rings. The molecule has 0 bridgehead atoms. The van der Waals surface area contributed by atoms with Crippen molar-refractivity contribution in [1.82, 2.24) is 4.98 Å². The van der Waals surface area contributed by atoms with Crippen molar-refractivity contribution in [3.63, 3.8) is 0 Å². The van der Waals surface area contributed by atoms with E-state index in [1.807, 2.05) is 18.3 Å². The van der Waals surface area contributed by atoms with Gasteiger partial charge in [-0.2, -0.15) is 0 Å². The SMILES string of the molecule is Clc1cccc(C2CC(Nc3ccc4[nH]ccc4c3)C2)c1. The normalized spacial score (nSPS) is 21.2. The lowest BCUT2D eigenvalue weighted by molar-refractivity contribution is 0.374. The summed E-state index contributed by atoms with van der Waals surface area (Å²) in [5, 5.41) is 5.72. The van der Waals surface area contributed by atoms with Crippen LogP contribution in [0, 0.1) is 0 Å². The van der Waals surface area contributed by atoms with Crippen LogP contribution in [0.25, 0.3) is 10.9 Å². The quantitative estimate of drug-likeness (QED) is 0.685. The lowest BCUT2D eigenvalue weighted by atomic mass is 9.76. The standard InChI is InChI=1S/C18H17ClN2/c19-15-3-1-2-12(8-15)14-10-17(11-14)21-16-4-5-18-13(9-16)6-7-20-18/h1-9,14,17,20-21H,10-11H2. The predicted octanol–water partition coefficient (Wildman–Crippen LogP) is 5.18. The highest BCUT2D eigenvalue weighted by molar-refractivity contribution is 6.30. The zero-order valence-electron chi connectivity index (χ0n) is 11.6. The van der Waals surface area contributed by atoms with Crippen LogP contribution in [0.2, 0.25) is 5.02 Å². The molecule has 2 N–H and O–H groups in total. The van der Waals surface area contributed by atoms with E-state index in [2.05, 4.69) is 46.7 Å². The molecule has 1 aromatic heterocycles. The summed E-state index contributed by atoms with van der Waals surface area (Å²) in [5.41, 5.74) is 3.75. The summed E-state index contributed by atoms with van der Waals surface area (Å²) in [6.07, 6.45) is 4.32. The molecule has 1 aliphatic carbocycles. The number of aromatic nitrogens is 1. The average Bonchev–Trinajstić information content (AvgIpc) is 2.89. The van der Waals surface area contributed by atoms with Gasteiger partial charge in [0, 0.05) is 33.9 Å². The van der Waals surface area contributed by atoms with Crippen LogP contribution in [0.3, 0.4) is 0 Å². The molecule has 1 aliphatic rings. The first-order chi connectivity index (χ1) is 10.3. The molecule has 1 saturated carbocycles. The third-order valence-electron chi connectivity index (χ3n) is 4.38. The summed E-state index contributed by atoms with van der Waals surface area (Å²) in [6.45, 7) is 0. The zero-order chi connectivity index (χ0) is 14.2. The van der Waals surface area contributed by atoms with Crippen LogP contribution in [0.1, 0.15) is 24.3 Å². The number of aromatic amines is 1. The Balaban J connectivity index is 1.41. The fraction of sp³-hybridized carbons (Fsp3) is 0.222. The molecule has 0 radical (unpaired) electrons. The van der Waals surface area contributed by atoms with Gasteiger partial charge in [-0.25, -0.2) is 0 Å². The average molecular weight is 297 g/mol. The zero-order valence-corrected chi connectivity index (χ0v) is 12.4. The van der Waals surface area contributed by atoms with E-state index in [1.54, 1.807) is 0 Å². The third-order valence-corrected chi connectivity index (χ3v) is 4.62. The van der Waals surface area contributed by atoms with Gasteiger partial charge in [-0.1, -0.05) is 23.7 Å². The van der Waals surface area contributed by atoms with Crippen molar-refractivity contribution in [2.45, 2.75) is 24.8 Å². The fourth-order valence-corrected chi connectivity index (χ4v) is 3.35. The van der Waals surface area contributed by atoms with Gasteiger partial charge in [0.1, 0.15) is 0 Å². The van der Waals surface area contributed by atoms with Crippen molar-refractivity contribution >= 4 is 28.2 Å².